The van der Waals surface area contributed by atoms with E-state index in [1.807, 2.05) is 24.4 Å². The monoisotopic (exact) mass is 847 g/mol. The average Bonchev–Trinajstić information content (AvgIpc) is 3.75. The number of aromatic nitrogens is 1. The summed E-state index contributed by atoms with van der Waals surface area (Å²) in [5.74, 6) is 2.47. The minimum Gasteiger partial charge on any atom is -0.456 e. The highest BCUT2D eigenvalue weighted by molar-refractivity contribution is 6.26. The summed E-state index contributed by atoms with van der Waals surface area (Å²) in [5.41, 5.74) is 13.6. The van der Waals surface area contributed by atoms with Crippen LogP contribution in [0.3, 0.4) is 0 Å². The van der Waals surface area contributed by atoms with Crippen molar-refractivity contribution in [1.29, 1.82) is 0 Å². The fourth-order valence-electron chi connectivity index (χ4n) is 10.2. The minimum absolute atomic E-state index is 0.802. The van der Waals surface area contributed by atoms with Crippen molar-refractivity contribution in [3.8, 4) is 33.8 Å². The van der Waals surface area contributed by atoms with Crippen LogP contribution >= 0.6 is 0 Å². The topological polar surface area (TPSA) is 41.7 Å². The molecule has 1 aliphatic heterocycles. The molecule has 0 bridgehead atoms. The van der Waals surface area contributed by atoms with E-state index in [1.165, 1.54) is 16.3 Å². The van der Waals surface area contributed by atoms with Crippen LogP contribution in [-0.2, 0) is 0 Å². The second kappa shape index (κ2) is 15.0. The summed E-state index contributed by atoms with van der Waals surface area (Å²) in [6.07, 6.45) is 1.85. The van der Waals surface area contributed by atoms with E-state index in [9.17, 15) is 0 Å². The number of furan rings is 1. The lowest BCUT2D eigenvalue weighted by Crippen LogP contribution is -2.13. The smallest absolute Gasteiger partial charge is 0.159 e. The predicted octanol–water partition coefficient (Wildman–Crippen LogP) is 17.4. The van der Waals surface area contributed by atoms with Crippen molar-refractivity contribution in [3.05, 3.63) is 224 Å². The number of hydrogen-bond acceptors (Lipinski definition) is 5. The van der Waals surface area contributed by atoms with Crippen LogP contribution in [0.1, 0.15) is 11.1 Å². The maximum Gasteiger partial charge on any atom is 0.159 e. The Morgan fingerprint density at radius 1 is 0.394 bits per heavy atom. The SMILES string of the molecule is Cc1ccc2c(N(c3ccccc3)c3cccc4c3oc3ccccc34)cc3c4cc(C)cc5c4c(cc3c2c1)-c1ccc(N(c2ccccn2)c2ccccc2-c2ccccc2)cc1O5. The van der Waals surface area contributed by atoms with Gasteiger partial charge in [-0.15, -0.1) is 0 Å². The zero-order chi connectivity index (χ0) is 43.9. The standard InChI is InChI=1S/C61H41N3O2/c1-38-27-29-44-48(32-38)49-36-52-46-30-28-42(64(59-26-13-14-31-62-59)53-23-11-9-20-43(53)40-16-5-3-6-17-40)35-57(46)65-58-34-39(2)33-51(60(52)58)50(49)37-55(44)63(41-18-7-4-8-19-41)54-24-15-22-47-45-21-10-12-25-56(45)66-61(47)54/h3-37H,1-2H3. The first-order valence-corrected chi connectivity index (χ1v) is 22.4. The fraction of sp³-hybridized carbons (Fsp3) is 0.0328. The molecule has 0 N–H and O–H groups in total. The first-order chi connectivity index (χ1) is 32.6. The van der Waals surface area contributed by atoms with Gasteiger partial charge >= 0.3 is 0 Å². The lowest BCUT2D eigenvalue weighted by Gasteiger charge is -2.30. The van der Waals surface area contributed by atoms with Crippen LogP contribution < -0.4 is 14.5 Å². The lowest BCUT2D eigenvalue weighted by molar-refractivity contribution is 0.487. The first-order valence-electron chi connectivity index (χ1n) is 22.4. The summed E-state index contributed by atoms with van der Waals surface area (Å²) in [6.45, 7) is 4.35. The Hall–Kier alpha value is -8.67. The number of benzene rings is 10. The molecular formula is C61H41N3O2. The van der Waals surface area contributed by atoms with Crippen LogP contribution in [-0.4, -0.2) is 4.98 Å². The second-order valence-corrected chi connectivity index (χ2v) is 17.3. The number of nitrogens with zero attached hydrogens (tertiary/aromatic N) is 3. The summed E-state index contributed by atoms with van der Waals surface area (Å²) < 4.78 is 13.8. The summed E-state index contributed by atoms with van der Waals surface area (Å²) in [6, 6.07) is 73.3. The second-order valence-electron chi connectivity index (χ2n) is 17.3. The molecule has 0 atom stereocenters. The van der Waals surface area contributed by atoms with Gasteiger partial charge in [-0.3, -0.25) is 4.90 Å². The van der Waals surface area contributed by atoms with Gasteiger partial charge in [0.05, 0.1) is 22.7 Å². The van der Waals surface area contributed by atoms with E-state index < -0.39 is 0 Å². The highest BCUT2D eigenvalue weighted by Crippen LogP contribution is 2.54. The third-order valence-corrected chi connectivity index (χ3v) is 13.1. The zero-order valence-corrected chi connectivity index (χ0v) is 36.4. The largest absolute Gasteiger partial charge is 0.456 e. The first kappa shape index (κ1) is 37.8. The van der Waals surface area contributed by atoms with Gasteiger partial charge in [0.1, 0.15) is 22.9 Å². The molecule has 0 saturated carbocycles. The average molecular weight is 848 g/mol. The third-order valence-electron chi connectivity index (χ3n) is 13.1. The van der Waals surface area contributed by atoms with Crippen LogP contribution in [0.15, 0.2) is 217 Å². The van der Waals surface area contributed by atoms with Crippen molar-refractivity contribution in [2.75, 3.05) is 9.80 Å². The number of pyridine rings is 1. The molecular weight excluding hydrogens is 807 g/mol. The number of ether oxygens (including phenoxy) is 1. The third kappa shape index (κ3) is 5.97. The van der Waals surface area contributed by atoms with E-state index in [2.05, 4.69) is 212 Å². The normalized spacial score (nSPS) is 11.9. The van der Waals surface area contributed by atoms with Crippen LogP contribution in [0.4, 0.5) is 34.3 Å². The predicted molar refractivity (Wildman–Crippen MR) is 274 cm³/mol. The maximum absolute atomic E-state index is 7.09. The Balaban J connectivity index is 1.05. The van der Waals surface area contributed by atoms with Gasteiger partial charge in [0.2, 0.25) is 0 Å². The molecule has 0 fully saturated rings. The van der Waals surface area contributed by atoms with Crippen molar-refractivity contribution in [2.24, 2.45) is 0 Å². The Morgan fingerprint density at radius 3 is 1.98 bits per heavy atom. The minimum atomic E-state index is 0.802. The van der Waals surface area contributed by atoms with E-state index in [1.54, 1.807) is 0 Å². The lowest BCUT2D eigenvalue weighted by atomic mass is 9.87. The van der Waals surface area contributed by atoms with Crippen LogP contribution in [0.5, 0.6) is 11.5 Å². The molecule has 0 amide bonds. The quantitative estimate of drug-likeness (QED) is 0.149. The van der Waals surface area contributed by atoms with Crippen molar-refractivity contribution >= 4 is 88.5 Å². The molecule has 312 valence electrons. The van der Waals surface area contributed by atoms with Crippen LogP contribution in [0.25, 0.3) is 76.5 Å². The van der Waals surface area contributed by atoms with Crippen molar-refractivity contribution in [1.82, 2.24) is 4.98 Å². The molecule has 3 heterocycles. The van der Waals surface area contributed by atoms with E-state index >= 15 is 0 Å². The molecule has 0 spiro atoms. The molecule has 0 unspecified atom stereocenters. The number of anilines is 6. The van der Waals surface area contributed by atoms with Gasteiger partial charge in [-0.25, -0.2) is 4.98 Å². The molecule has 2 aromatic heterocycles. The molecule has 10 aromatic carbocycles. The summed E-state index contributed by atoms with van der Waals surface area (Å²) in [4.78, 5) is 9.49. The number of aryl methyl sites for hydroxylation is 2. The van der Waals surface area contributed by atoms with Crippen molar-refractivity contribution in [3.63, 3.8) is 0 Å². The van der Waals surface area contributed by atoms with Gasteiger partial charge in [0.25, 0.3) is 0 Å². The molecule has 0 aliphatic carbocycles. The van der Waals surface area contributed by atoms with E-state index in [0.29, 0.717) is 0 Å². The summed E-state index contributed by atoms with van der Waals surface area (Å²) >= 11 is 0. The highest BCUT2D eigenvalue weighted by Gasteiger charge is 2.28. The molecule has 66 heavy (non-hydrogen) atoms. The van der Waals surface area contributed by atoms with Gasteiger partial charge < -0.3 is 14.1 Å². The molecule has 5 heteroatoms. The molecule has 13 rings (SSSR count). The van der Waals surface area contributed by atoms with Crippen LogP contribution in [0, 0.1) is 13.8 Å². The molecule has 0 radical (unpaired) electrons. The molecule has 0 saturated heterocycles. The van der Waals surface area contributed by atoms with Gasteiger partial charge in [-0.05, 0) is 125 Å². The Kier molecular flexibility index (Phi) is 8.58. The van der Waals surface area contributed by atoms with Gasteiger partial charge in [0, 0.05) is 50.6 Å². The van der Waals surface area contributed by atoms with Gasteiger partial charge in [-0.1, -0.05) is 133 Å². The highest BCUT2D eigenvalue weighted by atomic mass is 16.5. The van der Waals surface area contributed by atoms with Crippen LogP contribution in [0.2, 0.25) is 0 Å². The van der Waals surface area contributed by atoms with Gasteiger partial charge in [-0.2, -0.15) is 0 Å². The maximum atomic E-state index is 7.09. The fourth-order valence-corrected chi connectivity index (χ4v) is 10.2. The van der Waals surface area contributed by atoms with Crippen molar-refractivity contribution in [2.45, 2.75) is 13.8 Å². The van der Waals surface area contributed by atoms with E-state index in [-0.39, 0.29) is 0 Å². The number of fused-ring (bicyclic) bond motifs is 9. The Morgan fingerprint density at radius 2 is 1.12 bits per heavy atom. The van der Waals surface area contributed by atoms with E-state index in [4.69, 9.17) is 14.1 Å². The van der Waals surface area contributed by atoms with Crippen molar-refractivity contribution < 1.29 is 9.15 Å². The molecule has 1 aliphatic rings. The molecule has 12 aromatic rings. The van der Waals surface area contributed by atoms with E-state index in [0.717, 1.165) is 117 Å². The Bertz CT molecular complexity index is 3880. The molecule has 5 nitrogen and oxygen atoms in total. The summed E-state index contributed by atoms with van der Waals surface area (Å²) in [5, 5.41) is 9.13. The van der Waals surface area contributed by atoms with Gasteiger partial charge in [0.15, 0.2) is 5.58 Å². The summed E-state index contributed by atoms with van der Waals surface area (Å²) in [7, 11) is 0. The number of hydrogen-bond donors (Lipinski definition) is 0. The number of para-hydroxylation sites is 4. The Labute approximate surface area is 382 Å². The number of rotatable bonds is 7. The zero-order valence-electron chi connectivity index (χ0n) is 36.4.